The van der Waals surface area contributed by atoms with Gasteiger partial charge in [0.25, 0.3) is 0 Å². The van der Waals surface area contributed by atoms with Crippen molar-refractivity contribution in [2.45, 2.75) is 25.2 Å². The van der Waals surface area contributed by atoms with E-state index in [2.05, 4.69) is 29.6 Å². The Morgan fingerprint density at radius 1 is 1.23 bits per heavy atom. The van der Waals surface area contributed by atoms with E-state index in [1.807, 2.05) is 6.07 Å². The van der Waals surface area contributed by atoms with Crippen LogP contribution < -0.4 is 5.32 Å². The zero-order chi connectivity index (χ0) is 16.0. The van der Waals surface area contributed by atoms with Crippen molar-refractivity contribution in [2.24, 2.45) is 0 Å². The highest BCUT2D eigenvalue weighted by Crippen LogP contribution is 2.27. The van der Waals surface area contributed by atoms with Crippen molar-refractivity contribution in [3.05, 3.63) is 35.9 Å². The third-order valence-corrected chi connectivity index (χ3v) is 4.98. The molecule has 122 valence electrons. The number of carbonyl (C=O) groups is 1. The fraction of sp³-hybridized carbons (Fsp3) is 0.562. The van der Waals surface area contributed by atoms with Crippen molar-refractivity contribution in [1.82, 2.24) is 10.2 Å². The van der Waals surface area contributed by atoms with E-state index in [-0.39, 0.29) is 18.3 Å². The molecule has 1 saturated heterocycles. The predicted molar refractivity (Wildman–Crippen MR) is 87.7 cm³/mol. The number of sulfone groups is 1. The molecule has 1 unspecified atom stereocenters. The van der Waals surface area contributed by atoms with Crippen molar-refractivity contribution in [3.8, 4) is 0 Å². The van der Waals surface area contributed by atoms with Gasteiger partial charge in [0.2, 0.25) is 0 Å². The minimum absolute atomic E-state index is 0.0147. The zero-order valence-electron chi connectivity index (χ0n) is 13.0. The summed E-state index contributed by atoms with van der Waals surface area (Å²) in [4.78, 5) is 13.9. The fourth-order valence-corrected chi connectivity index (χ4v) is 3.29. The van der Waals surface area contributed by atoms with E-state index < -0.39 is 9.84 Å². The van der Waals surface area contributed by atoms with Crippen LogP contribution in [0.1, 0.15) is 30.7 Å². The zero-order valence-corrected chi connectivity index (χ0v) is 13.8. The topological polar surface area (TPSA) is 66.5 Å². The number of hydrogen-bond donors (Lipinski definition) is 1. The minimum atomic E-state index is -3.04. The summed E-state index contributed by atoms with van der Waals surface area (Å²) >= 11 is 0. The normalized spacial score (nSPS) is 19.5. The molecule has 1 aromatic rings. The van der Waals surface area contributed by atoms with E-state index in [4.69, 9.17) is 0 Å². The average molecular weight is 324 g/mol. The lowest BCUT2D eigenvalue weighted by molar-refractivity contribution is 0.200. The minimum Gasteiger partial charge on any atom is -0.337 e. The van der Waals surface area contributed by atoms with Gasteiger partial charge in [-0.25, -0.2) is 13.2 Å². The Kier molecular flexibility index (Phi) is 5.83. The maximum atomic E-state index is 12.1. The lowest BCUT2D eigenvalue weighted by atomic mass is 9.92. The lowest BCUT2D eigenvalue weighted by Crippen LogP contribution is -2.42. The quantitative estimate of drug-likeness (QED) is 0.921. The number of benzene rings is 1. The third-order valence-electron chi connectivity index (χ3n) is 4.04. The summed E-state index contributed by atoms with van der Waals surface area (Å²) in [6, 6.07) is 10.3. The molecule has 0 bridgehead atoms. The van der Waals surface area contributed by atoms with Gasteiger partial charge in [0.05, 0.1) is 5.75 Å². The van der Waals surface area contributed by atoms with Crippen molar-refractivity contribution in [1.29, 1.82) is 0 Å². The summed E-state index contributed by atoms with van der Waals surface area (Å²) in [5.74, 6) is 0.481. The van der Waals surface area contributed by atoms with Crippen molar-refractivity contribution in [2.75, 3.05) is 31.6 Å². The van der Waals surface area contributed by atoms with E-state index in [0.29, 0.717) is 12.5 Å². The predicted octanol–water partition coefficient (Wildman–Crippen LogP) is 2.01. The SMILES string of the molecule is CS(=O)(=O)CCNC(=O)N1CCCC(c2ccccc2)CC1. The molecule has 1 aromatic carbocycles. The van der Waals surface area contributed by atoms with Crippen LogP contribution >= 0.6 is 0 Å². The molecular formula is C16H24N2O3S. The maximum Gasteiger partial charge on any atom is 0.317 e. The van der Waals surface area contributed by atoms with Crippen LogP contribution in [0, 0.1) is 0 Å². The summed E-state index contributed by atoms with van der Waals surface area (Å²) in [7, 11) is -3.04. The van der Waals surface area contributed by atoms with Crippen LogP contribution in [0.2, 0.25) is 0 Å². The summed E-state index contributed by atoms with van der Waals surface area (Å²) in [6.45, 7) is 1.62. The first-order valence-corrected chi connectivity index (χ1v) is 9.77. The molecule has 1 aliphatic heterocycles. The Bertz CT molecular complexity index is 587. The first-order chi connectivity index (χ1) is 10.5. The molecule has 6 heteroatoms. The summed E-state index contributed by atoms with van der Waals surface area (Å²) in [6.07, 6.45) is 4.18. The first kappa shape index (κ1) is 16.8. The largest absolute Gasteiger partial charge is 0.337 e. The van der Waals surface area contributed by atoms with Crippen LogP contribution in [0.25, 0.3) is 0 Å². The number of urea groups is 1. The molecule has 2 rings (SSSR count). The highest BCUT2D eigenvalue weighted by molar-refractivity contribution is 7.90. The van der Waals surface area contributed by atoms with Gasteiger partial charge in [0.1, 0.15) is 9.84 Å². The van der Waals surface area contributed by atoms with Gasteiger partial charge in [-0.05, 0) is 30.7 Å². The van der Waals surface area contributed by atoms with Gasteiger partial charge < -0.3 is 10.2 Å². The van der Waals surface area contributed by atoms with Gasteiger partial charge >= 0.3 is 6.03 Å². The van der Waals surface area contributed by atoms with E-state index in [0.717, 1.165) is 25.8 Å². The smallest absolute Gasteiger partial charge is 0.317 e. The van der Waals surface area contributed by atoms with Crippen molar-refractivity contribution in [3.63, 3.8) is 0 Å². The molecule has 1 heterocycles. The second-order valence-electron chi connectivity index (χ2n) is 5.89. The Labute approximate surface area is 132 Å². The molecule has 1 aliphatic rings. The number of nitrogens with one attached hydrogen (secondary N) is 1. The van der Waals surface area contributed by atoms with Gasteiger partial charge in [-0.2, -0.15) is 0 Å². The molecule has 1 N–H and O–H groups in total. The van der Waals surface area contributed by atoms with Crippen molar-refractivity contribution >= 4 is 15.9 Å². The number of nitrogens with zero attached hydrogens (tertiary/aromatic N) is 1. The first-order valence-electron chi connectivity index (χ1n) is 7.71. The lowest BCUT2D eigenvalue weighted by Gasteiger charge is -2.21. The molecule has 5 nitrogen and oxygen atoms in total. The number of carbonyl (C=O) groups excluding carboxylic acids is 1. The maximum absolute atomic E-state index is 12.1. The molecule has 0 aliphatic carbocycles. The van der Waals surface area contributed by atoms with E-state index in [1.165, 1.54) is 11.8 Å². The highest BCUT2D eigenvalue weighted by Gasteiger charge is 2.21. The molecular weight excluding hydrogens is 300 g/mol. The van der Waals surface area contributed by atoms with Crippen LogP contribution in [0.15, 0.2) is 30.3 Å². The van der Waals surface area contributed by atoms with Crippen LogP contribution in [0.4, 0.5) is 4.79 Å². The van der Waals surface area contributed by atoms with Gasteiger partial charge in [-0.15, -0.1) is 0 Å². The molecule has 1 atom stereocenters. The summed E-state index contributed by atoms with van der Waals surface area (Å²) in [5, 5.41) is 2.70. The van der Waals surface area contributed by atoms with Gasteiger partial charge in [0, 0.05) is 25.9 Å². The number of likely N-dealkylation sites (tertiary alicyclic amines) is 1. The molecule has 2 amide bonds. The Morgan fingerprint density at radius 3 is 2.64 bits per heavy atom. The van der Waals surface area contributed by atoms with E-state index >= 15 is 0 Å². The number of rotatable bonds is 4. The fourth-order valence-electron chi connectivity index (χ4n) is 2.81. The molecule has 0 radical (unpaired) electrons. The van der Waals surface area contributed by atoms with E-state index in [1.54, 1.807) is 4.90 Å². The summed E-state index contributed by atoms with van der Waals surface area (Å²) in [5.41, 5.74) is 1.34. The number of amides is 2. The molecule has 0 saturated carbocycles. The number of hydrogen-bond acceptors (Lipinski definition) is 3. The Balaban J connectivity index is 1.83. The highest BCUT2D eigenvalue weighted by atomic mass is 32.2. The molecule has 22 heavy (non-hydrogen) atoms. The van der Waals surface area contributed by atoms with Crippen LogP contribution in [0.5, 0.6) is 0 Å². The van der Waals surface area contributed by atoms with Crippen molar-refractivity contribution < 1.29 is 13.2 Å². The Hall–Kier alpha value is -1.56. The second-order valence-corrected chi connectivity index (χ2v) is 8.15. The molecule has 0 spiro atoms. The average Bonchev–Trinajstić information content (AvgIpc) is 2.72. The van der Waals surface area contributed by atoms with Gasteiger partial charge in [-0.3, -0.25) is 0 Å². The molecule has 0 aromatic heterocycles. The summed E-state index contributed by atoms with van der Waals surface area (Å²) < 4.78 is 22.2. The van der Waals surface area contributed by atoms with Crippen LogP contribution in [0.3, 0.4) is 0 Å². The van der Waals surface area contributed by atoms with Gasteiger partial charge in [-0.1, -0.05) is 30.3 Å². The third kappa shape index (κ3) is 5.33. The standard InChI is InChI=1S/C16H24N2O3S/c1-22(20,21)13-10-17-16(19)18-11-5-8-15(9-12-18)14-6-3-2-4-7-14/h2-4,6-7,15H,5,8-13H2,1H3,(H,17,19). The van der Waals surface area contributed by atoms with Gasteiger partial charge in [0.15, 0.2) is 0 Å². The van der Waals surface area contributed by atoms with Crippen LogP contribution in [-0.4, -0.2) is 51.0 Å². The van der Waals surface area contributed by atoms with E-state index in [9.17, 15) is 13.2 Å². The monoisotopic (exact) mass is 324 g/mol. The molecule has 1 fully saturated rings. The van der Waals surface area contributed by atoms with Crippen LogP contribution in [-0.2, 0) is 9.84 Å². The Morgan fingerprint density at radius 2 is 1.95 bits per heavy atom. The second kappa shape index (κ2) is 7.63.